The second-order valence-electron chi connectivity index (χ2n) is 4.77. The third kappa shape index (κ3) is 4.11. The predicted octanol–water partition coefficient (Wildman–Crippen LogP) is 2.33. The number of amides is 3. The van der Waals surface area contributed by atoms with E-state index in [1.54, 1.807) is 11.8 Å². The molecule has 0 saturated heterocycles. The zero-order valence-electron chi connectivity index (χ0n) is 12.4. The van der Waals surface area contributed by atoms with Crippen LogP contribution in [-0.4, -0.2) is 35.0 Å². The molecule has 2 rings (SSSR count). The molecule has 0 aliphatic rings. The molecular formula is C14H18N4O2S2. The standard InChI is InChI=1S/C14H18N4O2S2/c1-8-4-3-5-10-11(8)17-14(22-10)18-12(19)9(6-7-21-2)16-13(15)20/h3-5,9H,6-7H2,1-2H3,(H3,15,16,20)(H,17,18,19)/t9-/m1/s1. The van der Waals surface area contributed by atoms with Crippen molar-refractivity contribution in [2.24, 2.45) is 5.73 Å². The van der Waals surface area contributed by atoms with Gasteiger partial charge in [-0.15, -0.1) is 0 Å². The maximum atomic E-state index is 12.3. The maximum Gasteiger partial charge on any atom is 0.312 e. The third-order valence-corrected chi connectivity index (χ3v) is 4.67. The molecule has 0 spiro atoms. The fourth-order valence-electron chi connectivity index (χ4n) is 2.01. The normalized spacial score (nSPS) is 12.1. The van der Waals surface area contributed by atoms with Crippen LogP contribution in [0.15, 0.2) is 18.2 Å². The number of aromatic nitrogens is 1. The van der Waals surface area contributed by atoms with Crippen LogP contribution in [0.3, 0.4) is 0 Å². The minimum atomic E-state index is -0.707. The van der Waals surface area contributed by atoms with E-state index < -0.39 is 12.1 Å². The molecule has 0 unspecified atom stereocenters. The van der Waals surface area contributed by atoms with Gasteiger partial charge in [0.15, 0.2) is 5.13 Å². The molecule has 0 aliphatic carbocycles. The van der Waals surface area contributed by atoms with Crippen LogP contribution >= 0.6 is 23.1 Å². The summed E-state index contributed by atoms with van der Waals surface area (Å²) in [6.45, 7) is 1.98. The van der Waals surface area contributed by atoms with E-state index in [4.69, 9.17) is 5.73 Å². The van der Waals surface area contributed by atoms with E-state index in [-0.39, 0.29) is 5.91 Å². The summed E-state index contributed by atoms with van der Waals surface area (Å²) in [7, 11) is 0. The van der Waals surface area contributed by atoms with Crippen LogP contribution in [-0.2, 0) is 4.79 Å². The van der Waals surface area contributed by atoms with E-state index in [2.05, 4.69) is 15.6 Å². The van der Waals surface area contributed by atoms with Gasteiger partial charge >= 0.3 is 6.03 Å². The third-order valence-electron chi connectivity index (χ3n) is 3.09. The first-order valence-corrected chi connectivity index (χ1v) is 8.94. The van der Waals surface area contributed by atoms with Gasteiger partial charge in [0, 0.05) is 0 Å². The highest BCUT2D eigenvalue weighted by Crippen LogP contribution is 2.27. The van der Waals surface area contributed by atoms with Gasteiger partial charge in [0.1, 0.15) is 6.04 Å². The average molecular weight is 338 g/mol. The fraction of sp³-hybridized carbons (Fsp3) is 0.357. The van der Waals surface area contributed by atoms with Crippen molar-refractivity contribution in [2.45, 2.75) is 19.4 Å². The number of nitrogens with two attached hydrogens (primary N) is 1. The number of rotatable bonds is 6. The summed E-state index contributed by atoms with van der Waals surface area (Å²) in [4.78, 5) is 27.7. The van der Waals surface area contributed by atoms with Gasteiger partial charge in [0.2, 0.25) is 5.91 Å². The maximum absolute atomic E-state index is 12.3. The Kier molecular flexibility index (Phi) is 5.62. The van der Waals surface area contributed by atoms with Crippen molar-refractivity contribution in [1.82, 2.24) is 10.3 Å². The van der Waals surface area contributed by atoms with Crippen LogP contribution in [0, 0.1) is 6.92 Å². The number of primary amides is 1. The van der Waals surface area contributed by atoms with Gasteiger partial charge in [-0.1, -0.05) is 23.5 Å². The molecule has 8 heteroatoms. The zero-order chi connectivity index (χ0) is 16.1. The summed E-state index contributed by atoms with van der Waals surface area (Å²) in [5.74, 6) is 0.446. The summed E-state index contributed by atoms with van der Waals surface area (Å²) in [5.41, 5.74) is 7.07. The number of benzene rings is 1. The second-order valence-corrected chi connectivity index (χ2v) is 6.79. The van der Waals surface area contributed by atoms with Crippen LogP contribution in [0.25, 0.3) is 10.2 Å². The van der Waals surface area contributed by atoms with Gasteiger partial charge in [-0.05, 0) is 37.0 Å². The van der Waals surface area contributed by atoms with Gasteiger partial charge in [-0.3, -0.25) is 4.79 Å². The summed E-state index contributed by atoms with van der Waals surface area (Å²) in [5, 5.41) is 5.75. The van der Waals surface area contributed by atoms with Crippen molar-refractivity contribution >= 4 is 50.4 Å². The number of urea groups is 1. The Morgan fingerprint density at radius 2 is 2.23 bits per heavy atom. The molecule has 0 fully saturated rings. The first-order chi connectivity index (χ1) is 10.5. The van der Waals surface area contributed by atoms with Crippen molar-refractivity contribution < 1.29 is 9.59 Å². The number of carbonyl (C=O) groups excluding carboxylic acids is 2. The van der Waals surface area contributed by atoms with Crippen molar-refractivity contribution in [3.05, 3.63) is 23.8 Å². The van der Waals surface area contributed by atoms with Gasteiger partial charge in [0.05, 0.1) is 10.2 Å². The molecule has 4 N–H and O–H groups in total. The lowest BCUT2D eigenvalue weighted by atomic mass is 10.2. The smallest absolute Gasteiger partial charge is 0.312 e. The Balaban J connectivity index is 2.13. The molecule has 22 heavy (non-hydrogen) atoms. The Labute approximate surface area is 136 Å². The van der Waals surface area contributed by atoms with Crippen molar-refractivity contribution in [3.8, 4) is 0 Å². The molecule has 0 bridgehead atoms. The number of thiazole rings is 1. The average Bonchev–Trinajstić information content (AvgIpc) is 2.87. The molecule has 2 aromatic rings. The van der Waals surface area contributed by atoms with E-state index >= 15 is 0 Å². The number of nitrogens with zero attached hydrogens (tertiary/aromatic N) is 1. The molecule has 1 aromatic heterocycles. The Hall–Kier alpha value is -1.80. The van der Waals surface area contributed by atoms with Crippen LogP contribution in [0.2, 0.25) is 0 Å². The van der Waals surface area contributed by atoms with E-state index in [0.717, 1.165) is 21.5 Å². The number of thioether (sulfide) groups is 1. The van der Waals surface area contributed by atoms with Crippen molar-refractivity contribution in [3.63, 3.8) is 0 Å². The molecule has 0 saturated carbocycles. The topological polar surface area (TPSA) is 97.1 Å². The van der Waals surface area contributed by atoms with Gasteiger partial charge in [0.25, 0.3) is 0 Å². The summed E-state index contributed by atoms with van der Waals surface area (Å²) < 4.78 is 1.01. The Bertz CT molecular complexity index is 687. The fourth-order valence-corrected chi connectivity index (χ4v) is 3.43. The van der Waals surface area contributed by atoms with Crippen LogP contribution in [0.4, 0.5) is 9.93 Å². The number of para-hydroxylation sites is 1. The molecular weight excluding hydrogens is 320 g/mol. The van der Waals surface area contributed by atoms with E-state index in [9.17, 15) is 9.59 Å². The van der Waals surface area contributed by atoms with Crippen molar-refractivity contribution in [2.75, 3.05) is 17.3 Å². The van der Waals surface area contributed by atoms with E-state index in [0.29, 0.717) is 11.6 Å². The molecule has 0 radical (unpaired) electrons. The SMILES string of the molecule is CSCC[C@@H](NC(N)=O)C(=O)Nc1nc2c(C)cccc2s1. The first-order valence-electron chi connectivity index (χ1n) is 6.73. The monoisotopic (exact) mass is 338 g/mol. The highest BCUT2D eigenvalue weighted by molar-refractivity contribution is 7.98. The van der Waals surface area contributed by atoms with E-state index in [1.807, 2.05) is 31.4 Å². The minimum Gasteiger partial charge on any atom is -0.352 e. The molecule has 3 amide bonds. The lowest BCUT2D eigenvalue weighted by Crippen LogP contribution is -2.46. The number of aryl methyl sites for hydroxylation is 1. The summed E-state index contributed by atoms with van der Waals surface area (Å²) in [6.07, 6.45) is 2.45. The molecule has 1 atom stereocenters. The Morgan fingerprint density at radius 3 is 2.86 bits per heavy atom. The molecule has 118 valence electrons. The minimum absolute atomic E-state index is 0.301. The number of nitrogens with one attached hydrogen (secondary N) is 2. The number of carbonyl (C=O) groups is 2. The number of hydrogen-bond acceptors (Lipinski definition) is 5. The molecule has 1 aromatic carbocycles. The number of fused-ring (bicyclic) bond motifs is 1. The molecule has 1 heterocycles. The lowest BCUT2D eigenvalue weighted by molar-refractivity contribution is -0.117. The van der Waals surface area contributed by atoms with Crippen LogP contribution in [0.5, 0.6) is 0 Å². The lowest BCUT2D eigenvalue weighted by Gasteiger charge is -2.15. The van der Waals surface area contributed by atoms with Gasteiger partial charge in [-0.2, -0.15) is 11.8 Å². The largest absolute Gasteiger partial charge is 0.352 e. The number of hydrogen-bond donors (Lipinski definition) is 3. The van der Waals surface area contributed by atoms with Crippen LogP contribution in [0.1, 0.15) is 12.0 Å². The van der Waals surface area contributed by atoms with Gasteiger partial charge < -0.3 is 16.4 Å². The first kappa shape index (κ1) is 16.6. The highest BCUT2D eigenvalue weighted by Gasteiger charge is 2.20. The van der Waals surface area contributed by atoms with Crippen LogP contribution < -0.4 is 16.4 Å². The summed E-state index contributed by atoms with van der Waals surface area (Å²) in [6, 6.07) is 4.53. The Morgan fingerprint density at radius 1 is 1.45 bits per heavy atom. The zero-order valence-corrected chi connectivity index (χ0v) is 14.0. The number of anilines is 1. The molecule has 6 nitrogen and oxygen atoms in total. The quantitative estimate of drug-likeness (QED) is 0.753. The van der Waals surface area contributed by atoms with Crippen molar-refractivity contribution in [1.29, 1.82) is 0 Å². The molecule has 0 aliphatic heterocycles. The van der Waals surface area contributed by atoms with Gasteiger partial charge in [-0.25, -0.2) is 9.78 Å². The van der Waals surface area contributed by atoms with E-state index in [1.165, 1.54) is 11.3 Å². The predicted molar refractivity (Wildman–Crippen MR) is 92.5 cm³/mol. The second kappa shape index (κ2) is 7.46. The highest BCUT2D eigenvalue weighted by atomic mass is 32.2. The summed E-state index contributed by atoms with van der Waals surface area (Å²) >= 11 is 3.01.